The van der Waals surface area contributed by atoms with Crippen molar-refractivity contribution in [1.29, 1.82) is 0 Å². The van der Waals surface area contributed by atoms with E-state index in [1.54, 1.807) is 24.3 Å². The SMILES string of the molecule is COc1ccc2cc(C(C)C(=O)O)c(O)c(O)c2c1. The molecule has 1 atom stereocenters. The number of carboxylic acid groups (broad SMARTS) is 1. The topological polar surface area (TPSA) is 87.0 Å². The molecule has 2 rings (SSSR count). The lowest BCUT2D eigenvalue weighted by atomic mass is 9.95. The smallest absolute Gasteiger partial charge is 0.310 e. The predicted octanol–water partition coefficient (Wildman–Crippen LogP) is 2.45. The number of carboxylic acids is 1. The molecule has 5 nitrogen and oxygen atoms in total. The first-order valence-electron chi connectivity index (χ1n) is 5.71. The fourth-order valence-electron chi connectivity index (χ4n) is 1.96. The van der Waals surface area contributed by atoms with Crippen LogP contribution in [-0.4, -0.2) is 28.4 Å². The first-order valence-corrected chi connectivity index (χ1v) is 5.71. The molecule has 5 heteroatoms. The van der Waals surface area contributed by atoms with Crippen molar-refractivity contribution in [3.63, 3.8) is 0 Å². The molecule has 2 aromatic rings. The van der Waals surface area contributed by atoms with Gasteiger partial charge in [-0.2, -0.15) is 0 Å². The maximum absolute atomic E-state index is 11.0. The Morgan fingerprint density at radius 3 is 2.47 bits per heavy atom. The number of aromatic hydroxyl groups is 2. The first-order chi connectivity index (χ1) is 8.95. The van der Waals surface area contributed by atoms with E-state index in [0.29, 0.717) is 16.5 Å². The zero-order valence-electron chi connectivity index (χ0n) is 10.5. The molecular weight excluding hydrogens is 248 g/mol. The van der Waals surface area contributed by atoms with Crippen molar-refractivity contribution >= 4 is 16.7 Å². The van der Waals surface area contributed by atoms with Crippen LogP contribution in [0.15, 0.2) is 24.3 Å². The van der Waals surface area contributed by atoms with Crippen molar-refractivity contribution in [2.45, 2.75) is 12.8 Å². The minimum atomic E-state index is -1.07. The van der Waals surface area contributed by atoms with Gasteiger partial charge in [-0.05, 0) is 30.5 Å². The standard InChI is InChI=1S/C14H14O5/c1-7(14(17)18)10-5-8-3-4-9(19-2)6-11(8)13(16)12(10)15/h3-7,15-16H,1-2H3,(H,17,18). The number of benzene rings is 2. The van der Waals surface area contributed by atoms with Gasteiger partial charge >= 0.3 is 5.97 Å². The second-order valence-electron chi connectivity index (χ2n) is 4.31. The summed E-state index contributed by atoms with van der Waals surface area (Å²) in [6.45, 7) is 1.45. The summed E-state index contributed by atoms with van der Waals surface area (Å²) in [5.74, 6) is -2.17. The lowest BCUT2D eigenvalue weighted by Gasteiger charge is -2.13. The van der Waals surface area contributed by atoms with Crippen LogP contribution in [0.1, 0.15) is 18.4 Å². The number of hydrogen-bond acceptors (Lipinski definition) is 4. The summed E-state index contributed by atoms with van der Waals surface area (Å²) in [5, 5.41) is 30.0. The summed E-state index contributed by atoms with van der Waals surface area (Å²) in [6, 6.07) is 6.54. The molecule has 0 fully saturated rings. The zero-order valence-corrected chi connectivity index (χ0v) is 10.5. The highest BCUT2D eigenvalue weighted by Gasteiger charge is 2.21. The van der Waals surface area contributed by atoms with Gasteiger partial charge in [0.1, 0.15) is 5.75 Å². The van der Waals surface area contributed by atoms with E-state index in [-0.39, 0.29) is 11.3 Å². The average molecular weight is 262 g/mol. The molecule has 0 amide bonds. The van der Waals surface area contributed by atoms with Crippen molar-refractivity contribution in [2.75, 3.05) is 7.11 Å². The van der Waals surface area contributed by atoms with Gasteiger partial charge in [-0.3, -0.25) is 4.79 Å². The maximum Gasteiger partial charge on any atom is 0.310 e. The summed E-state index contributed by atoms with van der Waals surface area (Å²) < 4.78 is 5.05. The number of carbonyl (C=O) groups is 1. The number of phenolic OH excluding ortho intramolecular Hbond substituents is 2. The lowest BCUT2D eigenvalue weighted by Crippen LogP contribution is -2.07. The molecule has 0 bridgehead atoms. The fourth-order valence-corrected chi connectivity index (χ4v) is 1.96. The molecule has 0 spiro atoms. The molecule has 0 aliphatic carbocycles. The van der Waals surface area contributed by atoms with E-state index in [2.05, 4.69) is 0 Å². The molecule has 0 radical (unpaired) electrons. The molecule has 100 valence electrons. The number of hydrogen-bond donors (Lipinski definition) is 3. The Labute approximate surface area is 109 Å². The zero-order chi connectivity index (χ0) is 14.2. The van der Waals surface area contributed by atoms with Crippen LogP contribution in [0.2, 0.25) is 0 Å². The van der Waals surface area contributed by atoms with E-state index < -0.39 is 17.6 Å². The molecule has 0 saturated carbocycles. The Morgan fingerprint density at radius 1 is 1.21 bits per heavy atom. The summed E-state index contributed by atoms with van der Waals surface area (Å²) in [7, 11) is 1.50. The minimum Gasteiger partial charge on any atom is -0.504 e. The molecule has 19 heavy (non-hydrogen) atoms. The van der Waals surface area contributed by atoms with Crippen molar-refractivity contribution in [2.24, 2.45) is 0 Å². The molecule has 3 N–H and O–H groups in total. The highest BCUT2D eigenvalue weighted by molar-refractivity contribution is 5.94. The molecule has 0 saturated heterocycles. The summed E-state index contributed by atoms with van der Waals surface area (Å²) in [6.07, 6.45) is 0. The second-order valence-corrected chi connectivity index (χ2v) is 4.31. The van der Waals surface area contributed by atoms with E-state index in [9.17, 15) is 15.0 Å². The molecular formula is C14H14O5. The third kappa shape index (κ3) is 2.14. The minimum absolute atomic E-state index is 0.183. The van der Waals surface area contributed by atoms with Crippen LogP contribution in [0.3, 0.4) is 0 Å². The van der Waals surface area contributed by atoms with Crippen LogP contribution in [0.25, 0.3) is 10.8 Å². The van der Waals surface area contributed by atoms with Crippen LogP contribution in [0.5, 0.6) is 17.2 Å². The molecule has 0 heterocycles. The molecule has 0 aliphatic heterocycles. The third-order valence-corrected chi connectivity index (χ3v) is 3.16. The Balaban J connectivity index is 2.71. The number of phenols is 2. The van der Waals surface area contributed by atoms with Crippen molar-refractivity contribution in [3.05, 3.63) is 29.8 Å². The number of rotatable bonds is 3. The van der Waals surface area contributed by atoms with Gasteiger partial charge in [0.05, 0.1) is 13.0 Å². The first kappa shape index (κ1) is 13.0. The highest BCUT2D eigenvalue weighted by Crippen LogP contribution is 2.41. The molecule has 0 aromatic heterocycles. The van der Waals surface area contributed by atoms with E-state index in [0.717, 1.165) is 0 Å². The second kappa shape index (κ2) is 4.68. The van der Waals surface area contributed by atoms with E-state index in [1.807, 2.05) is 0 Å². The molecule has 1 unspecified atom stereocenters. The van der Waals surface area contributed by atoms with Gasteiger partial charge in [-0.1, -0.05) is 6.07 Å². The van der Waals surface area contributed by atoms with Gasteiger partial charge in [-0.15, -0.1) is 0 Å². The molecule has 0 aliphatic rings. The summed E-state index contributed by atoms with van der Waals surface area (Å²) in [5.41, 5.74) is 0.183. The van der Waals surface area contributed by atoms with Crippen molar-refractivity contribution in [1.82, 2.24) is 0 Å². The number of aliphatic carboxylic acids is 1. The van der Waals surface area contributed by atoms with Crippen LogP contribution in [0, 0.1) is 0 Å². The van der Waals surface area contributed by atoms with Crippen molar-refractivity contribution in [3.8, 4) is 17.2 Å². The van der Waals surface area contributed by atoms with Crippen LogP contribution in [0.4, 0.5) is 0 Å². The Morgan fingerprint density at radius 2 is 1.89 bits per heavy atom. The lowest BCUT2D eigenvalue weighted by molar-refractivity contribution is -0.138. The Bertz CT molecular complexity index is 648. The summed E-state index contributed by atoms with van der Waals surface area (Å²) in [4.78, 5) is 11.0. The number of methoxy groups -OCH3 is 1. The van der Waals surface area contributed by atoms with E-state index in [1.165, 1.54) is 14.0 Å². The van der Waals surface area contributed by atoms with Gasteiger partial charge in [-0.25, -0.2) is 0 Å². The fraction of sp³-hybridized carbons (Fsp3) is 0.214. The van der Waals surface area contributed by atoms with E-state index in [4.69, 9.17) is 9.84 Å². The van der Waals surface area contributed by atoms with Gasteiger partial charge in [0.2, 0.25) is 0 Å². The normalized spacial score (nSPS) is 12.3. The number of fused-ring (bicyclic) bond motifs is 1. The van der Waals surface area contributed by atoms with E-state index >= 15 is 0 Å². The largest absolute Gasteiger partial charge is 0.504 e. The highest BCUT2D eigenvalue weighted by atomic mass is 16.5. The van der Waals surface area contributed by atoms with Gasteiger partial charge < -0.3 is 20.1 Å². The quantitative estimate of drug-likeness (QED) is 0.739. The maximum atomic E-state index is 11.0. The average Bonchev–Trinajstić information content (AvgIpc) is 2.41. The number of ether oxygens (including phenoxy) is 1. The van der Waals surface area contributed by atoms with Crippen molar-refractivity contribution < 1.29 is 24.9 Å². The third-order valence-electron chi connectivity index (χ3n) is 3.16. The predicted molar refractivity (Wildman–Crippen MR) is 69.9 cm³/mol. The van der Waals surface area contributed by atoms with Gasteiger partial charge in [0.15, 0.2) is 11.5 Å². The van der Waals surface area contributed by atoms with Crippen LogP contribution in [-0.2, 0) is 4.79 Å². The monoisotopic (exact) mass is 262 g/mol. The Kier molecular flexibility index (Phi) is 3.21. The van der Waals surface area contributed by atoms with Gasteiger partial charge in [0, 0.05) is 10.9 Å². The van der Waals surface area contributed by atoms with Crippen LogP contribution < -0.4 is 4.74 Å². The molecule has 2 aromatic carbocycles. The van der Waals surface area contributed by atoms with Gasteiger partial charge in [0.25, 0.3) is 0 Å². The van der Waals surface area contributed by atoms with Crippen LogP contribution >= 0.6 is 0 Å². The Hall–Kier alpha value is -2.43. The summed E-state index contributed by atoms with van der Waals surface area (Å²) >= 11 is 0.